The first-order valence-corrected chi connectivity index (χ1v) is 10.6. The van der Waals surface area contributed by atoms with E-state index in [-0.39, 0.29) is 18.4 Å². The number of nitrogens with zero attached hydrogens (tertiary/aromatic N) is 3. The minimum Gasteiger partial charge on any atom is -0.493 e. The van der Waals surface area contributed by atoms with Crippen molar-refractivity contribution in [3.8, 4) is 11.5 Å². The molecule has 0 saturated heterocycles. The number of carbonyl (C=O) groups is 1. The smallest absolute Gasteiger partial charge is 0.229 e. The van der Waals surface area contributed by atoms with Gasteiger partial charge in [-0.15, -0.1) is 0 Å². The van der Waals surface area contributed by atoms with Gasteiger partial charge in [-0.1, -0.05) is 42.5 Å². The molecule has 1 N–H and O–H groups in total. The predicted octanol–water partition coefficient (Wildman–Crippen LogP) is 4.71. The van der Waals surface area contributed by atoms with Crippen LogP contribution in [0.5, 0.6) is 11.5 Å². The first-order chi connectivity index (χ1) is 15.1. The average molecular weight is 479 g/mol. The Hall–Kier alpha value is -3.39. The lowest BCUT2D eigenvalue weighted by molar-refractivity contribution is -0.117. The van der Waals surface area contributed by atoms with Gasteiger partial charge in [0, 0.05) is 0 Å². The third-order valence-corrected chi connectivity index (χ3v) is 5.98. The van der Waals surface area contributed by atoms with E-state index in [4.69, 9.17) is 9.47 Å². The molecule has 0 saturated carbocycles. The van der Waals surface area contributed by atoms with Crippen molar-refractivity contribution >= 4 is 38.6 Å². The number of amides is 1. The highest BCUT2D eigenvalue weighted by Crippen LogP contribution is 2.41. The third kappa shape index (κ3) is 3.63. The van der Waals surface area contributed by atoms with E-state index < -0.39 is 0 Å². The van der Waals surface area contributed by atoms with Crippen molar-refractivity contribution in [3.05, 3.63) is 76.5 Å². The van der Waals surface area contributed by atoms with Crippen molar-refractivity contribution in [2.24, 2.45) is 0 Å². The fourth-order valence-electron chi connectivity index (χ4n) is 3.90. The second-order valence-corrected chi connectivity index (χ2v) is 8.11. The molecule has 2 heterocycles. The van der Waals surface area contributed by atoms with Crippen molar-refractivity contribution in [2.45, 2.75) is 19.1 Å². The summed E-state index contributed by atoms with van der Waals surface area (Å²) in [6, 6.07) is 18.0. The minimum atomic E-state index is -0.274. The summed E-state index contributed by atoms with van der Waals surface area (Å²) in [5, 5.41) is 9.32. The van der Waals surface area contributed by atoms with Gasteiger partial charge >= 0.3 is 0 Å². The summed E-state index contributed by atoms with van der Waals surface area (Å²) in [6.07, 6.45) is 1.70. The van der Waals surface area contributed by atoms with Crippen LogP contribution in [0.15, 0.2) is 65.4 Å². The Balaban J connectivity index is 1.47. The standard InChI is InChI=1S/C23H19BrN4O3/c1-30-20-10-16(19-11-21(29)27-23-25-13-26-28(19)23)9-18(24)22(20)31-12-15-7-4-6-14-5-2-3-8-17(14)15/h2-10,13,19H,11-12H2,1H3,(H,25,26,27,29)/t19-/m0/s1. The fourth-order valence-corrected chi connectivity index (χ4v) is 4.48. The zero-order valence-corrected chi connectivity index (χ0v) is 18.3. The topological polar surface area (TPSA) is 78.3 Å². The molecule has 1 aliphatic heterocycles. The van der Waals surface area contributed by atoms with Crippen LogP contribution in [0.3, 0.4) is 0 Å². The zero-order chi connectivity index (χ0) is 21.4. The molecule has 0 bridgehead atoms. The van der Waals surface area contributed by atoms with Crippen LogP contribution in [-0.4, -0.2) is 27.8 Å². The van der Waals surface area contributed by atoms with Crippen LogP contribution in [0.2, 0.25) is 0 Å². The molecule has 1 atom stereocenters. The summed E-state index contributed by atoms with van der Waals surface area (Å²) < 4.78 is 14.3. The van der Waals surface area contributed by atoms with Crippen LogP contribution >= 0.6 is 15.9 Å². The number of aromatic nitrogens is 3. The van der Waals surface area contributed by atoms with E-state index >= 15 is 0 Å². The fraction of sp³-hybridized carbons (Fsp3) is 0.174. The van der Waals surface area contributed by atoms with Gasteiger partial charge in [0.15, 0.2) is 11.5 Å². The van der Waals surface area contributed by atoms with E-state index in [2.05, 4.69) is 55.6 Å². The van der Waals surface area contributed by atoms with Crippen LogP contribution in [0.1, 0.15) is 23.6 Å². The minimum absolute atomic E-state index is 0.100. The summed E-state index contributed by atoms with van der Waals surface area (Å²) in [7, 11) is 1.60. The Bertz CT molecular complexity index is 1280. The predicted molar refractivity (Wildman–Crippen MR) is 120 cm³/mol. The van der Waals surface area contributed by atoms with Crippen LogP contribution in [0, 0.1) is 0 Å². The largest absolute Gasteiger partial charge is 0.493 e. The Labute approximate surface area is 187 Å². The van der Waals surface area contributed by atoms with E-state index in [0.29, 0.717) is 24.1 Å². The summed E-state index contributed by atoms with van der Waals surface area (Å²) in [6.45, 7) is 0.398. The number of nitrogens with one attached hydrogen (secondary N) is 1. The summed E-state index contributed by atoms with van der Waals surface area (Å²) in [4.78, 5) is 16.2. The number of fused-ring (bicyclic) bond motifs is 2. The Morgan fingerprint density at radius 3 is 2.90 bits per heavy atom. The highest BCUT2D eigenvalue weighted by Gasteiger charge is 2.29. The number of hydrogen-bond donors (Lipinski definition) is 1. The van der Waals surface area contributed by atoms with Gasteiger partial charge in [0.1, 0.15) is 12.9 Å². The number of halogens is 1. The number of rotatable bonds is 5. The number of hydrogen-bond acceptors (Lipinski definition) is 5. The van der Waals surface area contributed by atoms with Crippen molar-refractivity contribution < 1.29 is 14.3 Å². The molecule has 5 rings (SSSR count). The van der Waals surface area contributed by atoms with Gasteiger partial charge in [0.2, 0.25) is 11.9 Å². The highest BCUT2D eigenvalue weighted by atomic mass is 79.9. The van der Waals surface area contributed by atoms with E-state index in [1.165, 1.54) is 11.7 Å². The molecule has 4 aromatic rings. The maximum atomic E-state index is 12.1. The molecular weight excluding hydrogens is 460 g/mol. The van der Waals surface area contributed by atoms with Crippen molar-refractivity contribution in [2.75, 3.05) is 12.4 Å². The molecule has 0 aliphatic carbocycles. The number of anilines is 1. The van der Waals surface area contributed by atoms with E-state index in [9.17, 15) is 4.79 Å². The van der Waals surface area contributed by atoms with Gasteiger partial charge in [-0.2, -0.15) is 10.1 Å². The van der Waals surface area contributed by atoms with Gasteiger partial charge in [0.05, 0.1) is 24.0 Å². The molecule has 8 heteroatoms. The maximum absolute atomic E-state index is 12.1. The SMILES string of the molecule is COc1cc([C@@H]2CC(=O)Nc3ncnn32)cc(Br)c1OCc1cccc2ccccc12. The van der Waals surface area contributed by atoms with Crippen LogP contribution < -0.4 is 14.8 Å². The Morgan fingerprint density at radius 1 is 1.19 bits per heavy atom. The van der Waals surface area contributed by atoms with Crippen molar-refractivity contribution in [1.29, 1.82) is 0 Å². The molecule has 7 nitrogen and oxygen atoms in total. The molecule has 156 valence electrons. The molecule has 1 amide bonds. The maximum Gasteiger partial charge on any atom is 0.229 e. The van der Waals surface area contributed by atoms with Gasteiger partial charge < -0.3 is 9.47 Å². The molecule has 0 spiro atoms. The van der Waals surface area contributed by atoms with Crippen LogP contribution in [0.25, 0.3) is 10.8 Å². The van der Waals surface area contributed by atoms with Gasteiger partial charge in [-0.3, -0.25) is 10.1 Å². The molecule has 0 unspecified atom stereocenters. The second kappa shape index (κ2) is 8.03. The van der Waals surface area contributed by atoms with E-state index in [0.717, 1.165) is 21.0 Å². The summed E-state index contributed by atoms with van der Waals surface area (Å²) in [5.41, 5.74) is 1.97. The van der Waals surface area contributed by atoms with E-state index in [1.807, 2.05) is 30.3 Å². The molecule has 1 aliphatic rings. The number of methoxy groups -OCH3 is 1. The summed E-state index contributed by atoms with van der Waals surface area (Å²) >= 11 is 3.62. The molecule has 3 aromatic carbocycles. The average Bonchev–Trinajstić information content (AvgIpc) is 3.25. The molecule has 0 radical (unpaired) electrons. The first-order valence-electron chi connectivity index (χ1n) is 9.80. The highest BCUT2D eigenvalue weighted by molar-refractivity contribution is 9.10. The van der Waals surface area contributed by atoms with Crippen LogP contribution in [-0.2, 0) is 11.4 Å². The van der Waals surface area contributed by atoms with Crippen molar-refractivity contribution in [1.82, 2.24) is 14.8 Å². The third-order valence-electron chi connectivity index (χ3n) is 5.39. The molecule has 1 aromatic heterocycles. The summed E-state index contributed by atoms with van der Waals surface area (Å²) in [5.74, 6) is 1.53. The van der Waals surface area contributed by atoms with Gasteiger partial charge in [-0.25, -0.2) is 4.68 Å². The lowest BCUT2D eigenvalue weighted by Gasteiger charge is -2.25. The molecular formula is C23H19BrN4O3. The number of carbonyl (C=O) groups excluding carboxylic acids is 1. The van der Waals surface area contributed by atoms with Crippen LogP contribution in [0.4, 0.5) is 5.95 Å². The number of benzene rings is 3. The van der Waals surface area contributed by atoms with Gasteiger partial charge in [0.25, 0.3) is 0 Å². The van der Waals surface area contributed by atoms with Crippen molar-refractivity contribution in [3.63, 3.8) is 0 Å². The first kappa shape index (κ1) is 19.6. The Kier molecular flexibility index (Phi) is 5.07. The lowest BCUT2D eigenvalue weighted by atomic mass is 10.0. The monoisotopic (exact) mass is 478 g/mol. The zero-order valence-electron chi connectivity index (χ0n) is 16.7. The number of ether oxygens (including phenoxy) is 2. The normalized spacial score (nSPS) is 15.4. The molecule has 31 heavy (non-hydrogen) atoms. The van der Waals surface area contributed by atoms with Gasteiger partial charge in [-0.05, 0) is 50.0 Å². The Morgan fingerprint density at radius 2 is 2.03 bits per heavy atom. The second-order valence-electron chi connectivity index (χ2n) is 7.26. The quantitative estimate of drug-likeness (QED) is 0.449. The molecule has 0 fully saturated rings. The lowest BCUT2D eigenvalue weighted by Crippen LogP contribution is -2.29. The van der Waals surface area contributed by atoms with E-state index in [1.54, 1.807) is 11.8 Å².